The number of anilines is 2. The van der Waals surface area contributed by atoms with Gasteiger partial charge in [0.25, 0.3) is 5.91 Å². The molecule has 1 unspecified atom stereocenters. The number of hydrogen-bond donors (Lipinski definition) is 3. The van der Waals surface area contributed by atoms with Crippen molar-refractivity contribution in [2.45, 2.75) is 12.8 Å². The smallest absolute Gasteiger partial charge is 0.251 e. The van der Waals surface area contributed by atoms with Crippen LogP contribution in [0.5, 0.6) is 0 Å². The molecule has 5 rings (SSSR count). The lowest BCUT2D eigenvalue weighted by atomic mass is 9.98. The highest BCUT2D eigenvalue weighted by molar-refractivity contribution is 7.22. The molecular weight excluding hydrogens is 533 g/mol. The normalized spacial score (nSPS) is 15.5. The Morgan fingerprint density at radius 2 is 2.00 bits per heavy atom. The molecule has 2 amide bonds. The van der Waals surface area contributed by atoms with Crippen molar-refractivity contribution in [1.29, 1.82) is 0 Å². The summed E-state index contributed by atoms with van der Waals surface area (Å²) in [4.78, 5) is 36.6. The number of hydrogen-bond acceptors (Lipinski definition) is 7. The minimum Gasteiger partial charge on any atom is -0.343 e. The number of thiazole rings is 1. The van der Waals surface area contributed by atoms with E-state index in [9.17, 15) is 9.59 Å². The summed E-state index contributed by atoms with van der Waals surface area (Å²) in [5.74, 6) is 0.728. The number of amides is 2. The summed E-state index contributed by atoms with van der Waals surface area (Å²) in [5, 5.41) is 10.6. The van der Waals surface area contributed by atoms with Crippen LogP contribution in [0.15, 0.2) is 36.4 Å². The largest absolute Gasteiger partial charge is 0.343 e. The van der Waals surface area contributed by atoms with Gasteiger partial charge in [0, 0.05) is 30.7 Å². The Morgan fingerprint density at radius 3 is 2.81 bits per heavy atom. The number of imidazole rings is 1. The number of piperidine rings is 1. The zero-order valence-corrected chi connectivity index (χ0v) is 23.0. The number of likely N-dealkylation sites (tertiary alicyclic amines) is 1. The van der Waals surface area contributed by atoms with E-state index in [-0.39, 0.29) is 30.8 Å². The molecular formula is C25H29Cl2N7O2S. The van der Waals surface area contributed by atoms with Crippen LogP contribution in [0, 0.1) is 5.92 Å². The van der Waals surface area contributed by atoms with Crippen LogP contribution in [-0.2, 0) is 11.8 Å². The van der Waals surface area contributed by atoms with Crippen molar-refractivity contribution < 1.29 is 9.59 Å². The molecule has 2 aromatic carbocycles. The van der Waals surface area contributed by atoms with E-state index in [1.165, 1.54) is 11.3 Å². The molecule has 1 aliphatic rings. The van der Waals surface area contributed by atoms with Crippen LogP contribution in [0.2, 0.25) is 5.02 Å². The number of carbonyl (C=O) groups excluding carboxylic acids is 2. The summed E-state index contributed by atoms with van der Waals surface area (Å²) in [6, 6.07) is 10.9. The predicted octanol–water partition coefficient (Wildman–Crippen LogP) is 4.19. The number of aromatic nitrogens is 3. The number of benzene rings is 2. The van der Waals surface area contributed by atoms with E-state index in [1.807, 2.05) is 47.8 Å². The molecule has 1 aliphatic heterocycles. The maximum absolute atomic E-state index is 12.8. The molecule has 37 heavy (non-hydrogen) atoms. The maximum atomic E-state index is 12.8. The van der Waals surface area contributed by atoms with Crippen LogP contribution in [0.25, 0.3) is 21.3 Å². The lowest BCUT2D eigenvalue weighted by Gasteiger charge is -2.32. The summed E-state index contributed by atoms with van der Waals surface area (Å²) in [6.07, 6.45) is 2.11. The van der Waals surface area contributed by atoms with Crippen molar-refractivity contribution in [2.75, 3.05) is 38.5 Å². The van der Waals surface area contributed by atoms with Gasteiger partial charge in [0.15, 0.2) is 5.13 Å². The van der Waals surface area contributed by atoms with Gasteiger partial charge in [-0.3, -0.25) is 9.59 Å². The van der Waals surface area contributed by atoms with Gasteiger partial charge in [-0.15, -0.1) is 12.4 Å². The Kier molecular flexibility index (Phi) is 8.53. The van der Waals surface area contributed by atoms with Crippen LogP contribution in [0.1, 0.15) is 23.2 Å². The van der Waals surface area contributed by atoms with Gasteiger partial charge in [-0.1, -0.05) is 22.9 Å². The van der Waals surface area contributed by atoms with E-state index >= 15 is 0 Å². The summed E-state index contributed by atoms with van der Waals surface area (Å²) in [7, 11) is 3.83. The van der Waals surface area contributed by atoms with E-state index < -0.39 is 0 Å². The van der Waals surface area contributed by atoms with Crippen LogP contribution in [-0.4, -0.2) is 64.5 Å². The molecule has 1 fully saturated rings. The topological polar surface area (TPSA) is 104 Å². The molecule has 1 atom stereocenters. The summed E-state index contributed by atoms with van der Waals surface area (Å²) >= 11 is 7.58. The molecule has 0 bridgehead atoms. The first-order chi connectivity index (χ1) is 17.4. The number of carbonyl (C=O) groups is 2. The van der Waals surface area contributed by atoms with Gasteiger partial charge in [0.2, 0.25) is 11.9 Å². The second-order valence-corrected chi connectivity index (χ2v) is 10.5. The SMILES string of the molecule is CNCC1CCCN(C(=O)CNC(=O)c2ccc3c(c2)nc(Nc2nc4ccc(Cl)cc4s2)n3C)C1.Cl. The van der Waals surface area contributed by atoms with Crippen molar-refractivity contribution in [2.24, 2.45) is 13.0 Å². The van der Waals surface area contributed by atoms with Gasteiger partial charge in [-0.2, -0.15) is 0 Å². The summed E-state index contributed by atoms with van der Waals surface area (Å²) < 4.78 is 2.90. The number of aryl methyl sites for hydroxylation is 1. The number of halogens is 2. The van der Waals surface area contributed by atoms with Crippen LogP contribution in [0.3, 0.4) is 0 Å². The lowest BCUT2D eigenvalue weighted by Crippen LogP contribution is -2.46. The number of rotatable bonds is 7. The molecule has 0 radical (unpaired) electrons. The van der Waals surface area contributed by atoms with Crippen LogP contribution < -0.4 is 16.0 Å². The van der Waals surface area contributed by atoms with Gasteiger partial charge >= 0.3 is 0 Å². The fourth-order valence-corrected chi connectivity index (χ4v) is 5.75. The third-order valence-electron chi connectivity index (χ3n) is 6.48. The lowest BCUT2D eigenvalue weighted by molar-refractivity contribution is -0.131. The van der Waals surface area contributed by atoms with Crippen molar-refractivity contribution >= 4 is 79.5 Å². The molecule has 196 valence electrons. The van der Waals surface area contributed by atoms with E-state index in [1.54, 1.807) is 12.1 Å². The number of nitrogens with one attached hydrogen (secondary N) is 3. The average Bonchev–Trinajstić information content (AvgIpc) is 3.41. The first kappa shape index (κ1) is 27.1. The Bertz CT molecular complexity index is 1440. The molecule has 0 saturated carbocycles. The first-order valence-corrected chi connectivity index (χ1v) is 13.1. The fraction of sp³-hybridized carbons (Fsp3) is 0.360. The zero-order valence-electron chi connectivity index (χ0n) is 20.6. The maximum Gasteiger partial charge on any atom is 0.251 e. The molecule has 2 aromatic heterocycles. The number of nitrogens with zero attached hydrogens (tertiary/aromatic N) is 4. The van der Waals surface area contributed by atoms with Crippen molar-refractivity contribution in [1.82, 2.24) is 30.1 Å². The highest BCUT2D eigenvalue weighted by Crippen LogP contribution is 2.31. The van der Waals surface area contributed by atoms with Gasteiger partial charge in [0.1, 0.15) is 0 Å². The minimum absolute atomic E-state index is 0. The number of fused-ring (bicyclic) bond motifs is 2. The van der Waals surface area contributed by atoms with Crippen molar-refractivity contribution in [3.8, 4) is 0 Å². The first-order valence-electron chi connectivity index (χ1n) is 11.9. The van der Waals surface area contributed by atoms with Gasteiger partial charge < -0.3 is 25.4 Å². The minimum atomic E-state index is -0.294. The summed E-state index contributed by atoms with van der Waals surface area (Å²) in [5.41, 5.74) is 2.87. The van der Waals surface area contributed by atoms with Crippen molar-refractivity contribution in [3.05, 3.63) is 47.0 Å². The highest BCUT2D eigenvalue weighted by Gasteiger charge is 2.23. The Labute approximate surface area is 230 Å². The molecule has 0 aliphatic carbocycles. The molecule has 12 heteroatoms. The van der Waals surface area contributed by atoms with E-state index in [2.05, 4.69) is 25.9 Å². The molecule has 3 N–H and O–H groups in total. The predicted molar refractivity (Wildman–Crippen MR) is 151 cm³/mol. The monoisotopic (exact) mass is 561 g/mol. The molecule has 1 saturated heterocycles. The van der Waals surface area contributed by atoms with Crippen molar-refractivity contribution in [3.63, 3.8) is 0 Å². The fourth-order valence-electron chi connectivity index (χ4n) is 4.62. The molecule has 9 nitrogen and oxygen atoms in total. The van der Waals surface area contributed by atoms with Gasteiger partial charge in [-0.25, -0.2) is 9.97 Å². The standard InChI is InChI=1S/C25H28ClN7O2S.ClH/c1-27-12-15-4-3-9-33(14-15)22(34)13-28-23(35)16-5-8-20-19(10-16)29-24(32(20)2)31-25-30-18-7-6-17(26)11-21(18)36-25;/h5-8,10-11,15,27H,3-4,9,12-14H2,1-2H3,(H,28,35)(H,29,30,31);1H. The van der Waals surface area contributed by atoms with Gasteiger partial charge in [0.05, 0.1) is 27.8 Å². The van der Waals surface area contributed by atoms with E-state index in [0.717, 1.165) is 48.2 Å². The quantitative estimate of drug-likeness (QED) is 0.312. The van der Waals surface area contributed by atoms with E-state index in [0.29, 0.717) is 33.1 Å². The molecule has 0 spiro atoms. The van der Waals surface area contributed by atoms with Crippen LogP contribution >= 0.6 is 35.3 Å². The average molecular weight is 563 g/mol. The zero-order chi connectivity index (χ0) is 25.2. The third kappa shape index (κ3) is 5.98. The van der Waals surface area contributed by atoms with Crippen LogP contribution in [0.4, 0.5) is 11.1 Å². The Balaban J connectivity index is 0.00000320. The Morgan fingerprint density at radius 1 is 1.16 bits per heavy atom. The Hall–Kier alpha value is -2.92. The highest BCUT2D eigenvalue weighted by atomic mass is 35.5. The second kappa shape index (κ2) is 11.6. The van der Waals surface area contributed by atoms with Gasteiger partial charge in [-0.05, 0) is 68.8 Å². The van der Waals surface area contributed by atoms with E-state index in [4.69, 9.17) is 11.6 Å². The second-order valence-electron chi connectivity index (χ2n) is 9.04. The molecule has 4 aromatic rings. The third-order valence-corrected chi connectivity index (χ3v) is 7.65. The summed E-state index contributed by atoms with van der Waals surface area (Å²) in [6.45, 7) is 2.35. The molecule has 3 heterocycles.